The Hall–Kier alpha value is -1.77. The molecule has 0 bridgehead atoms. The second-order valence-corrected chi connectivity index (χ2v) is 5.28. The van der Waals surface area contributed by atoms with Crippen LogP contribution in [0.1, 0.15) is 41.8 Å². The predicted molar refractivity (Wildman–Crippen MR) is 79.4 cm³/mol. The number of nitrogens with one attached hydrogen (secondary N) is 2. The third-order valence-electron chi connectivity index (χ3n) is 2.77. The van der Waals surface area contributed by atoms with E-state index in [4.69, 9.17) is 9.26 Å². The number of hydrogen-bond acceptors (Lipinski definition) is 7. The lowest BCUT2D eigenvalue weighted by atomic mass is 10.3. The number of anilines is 1. The number of nitrogens with zero attached hydrogens (tertiary/aromatic N) is 2. The minimum atomic E-state index is -0.349. The van der Waals surface area contributed by atoms with Crippen molar-refractivity contribution in [2.24, 2.45) is 0 Å². The quantitative estimate of drug-likeness (QED) is 0.815. The number of ether oxygens (including phenoxy) is 1. The molecule has 0 aliphatic rings. The summed E-state index contributed by atoms with van der Waals surface area (Å²) in [6.45, 7) is 5.20. The molecule has 1 amide bonds. The number of aromatic nitrogens is 2. The first kappa shape index (κ1) is 15.6. The maximum atomic E-state index is 12.0. The Morgan fingerprint density at radius 3 is 3.10 bits per heavy atom. The first-order valence-corrected chi connectivity index (χ1v) is 7.46. The van der Waals surface area contributed by atoms with Crippen LogP contribution < -0.4 is 10.6 Å². The van der Waals surface area contributed by atoms with E-state index in [-0.39, 0.29) is 24.2 Å². The molecule has 2 aromatic rings. The van der Waals surface area contributed by atoms with Gasteiger partial charge in [-0.05, 0) is 13.5 Å². The smallest absolute Gasteiger partial charge is 0.279 e. The number of carbonyl (C=O) groups excluding carboxylic acids is 1. The number of amides is 1. The monoisotopic (exact) mass is 310 g/mol. The van der Waals surface area contributed by atoms with Crippen LogP contribution in [0.3, 0.4) is 0 Å². The molecule has 0 aliphatic carbocycles. The fourth-order valence-electron chi connectivity index (χ4n) is 1.74. The Bertz CT molecular complexity index is 596. The largest absolute Gasteiger partial charge is 0.377 e. The van der Waals surface area contributed by atoms with Crippen molar-refractivity contribution >= 4 is 22.4 Å². The van der Waals surface area contributed by atoms with Gasteiger partial charge in [-0.15, -0.1) is 11.3 Å². The molecular weight excluding hydrogens is 292 g/mol. The van der Waals surface area contributed by atoms with Crippen LogP contribution in [0.15, 0.2) is 16.0 Å². The van der Waals surface area contributed by atoms with Crippen LogP contribution in [0, 0.1) is 0 Å². The first-order chi connectivity index (χ1) is 10.1. The summed E-state index contributed by atoms with van der Waals surface area (Å²) in [7, 11) is 1.55. The van der Waals surface area contributed by atoms with Crippen molar-refractivity contribution < 1.29 is 14.1 Å². The number of methoxy groups -OCH3 is 1. The molecule has 0 aromatic carbocycles. The van der Waals surface area contributed by atoms with Crippen molar-refractivity contribution in [1.29, 1.82) is 0 Å². The molecule has 0 saturated heterocycles. The molecule has 21 heavy (non-hydrogen) atoms. The zero-order chi connectivity index (χ0) is 15.2. The summed E-state index contributed by atoms with van der Waals surface area (Å²) in [6, 6.07) is 1.70. The maximum Gasteiger partial charge on any atom is 0.279 e. The van der Waals surface area contributed by atoms with Crippen LogP contribution >= 0.6 is 11.3 Å². The van der Waals surface area contributed by atoms with E-state index in [0.717, 1.165) is 12.2 Å². The third kappa shape index (κ3) is 4.10. The van der Waals surface area contributed by atoms with Gasteiger partial charge in [-0.1, -0.05) is 12.1 Å². The van der Waals surface area contributed by atoms with Crippen molar-refractivity contribution in [1.82, 2.24) is 15.5 Å². The van der Waals surface area contributed by atoms with Gasteiger partial charge < -0.3 is 14.6 Å². The highest BCUT2D eigenvalue weighted by Gasteiger charge is 2.15. The molecule has 2 aromatic heterocycles. The van der Waals surface area contributed by atoms with Gasteiger partial charge in [0.2, 0.25) is 0 Å². The van der Waals surface area contributed by atoms with Crippen LogP contribution in [-0.4, -0.2) is 29.7 Å². The molecule has 2 heterocycles. The van der Waals surface area contributed by atoms with E-state index in [0.29, 0.717) is 10.9 Å². The summed E-state index contributed by atoms with van der Waals surface area (Å²) in [4.78, 5) is 16.4. The van der Waals surface area contributed by atoms with Crippen LogP contribution in [0.2, 0.25) is 0 Å². The minimum Gasteiger partial charge on any atom is -0.377 e. The molecule has 1 atom stereocenters. The van der Waals surface area contributed by atoms with Crippen molar-refractivity contribution in [3.05, 3.63) is 28.6 Å². The maximum absolute atomic E-state index is 12.0. The summed E-state index contributed by atoms with van der Waals surface area (Å²) < 4.78 is 9.89. The Morgan fingerprint density at radius 1 is 1.57 bits per heavy atom. The highest BCUT2D eigenvalue weighted by Crippen LogP contribution is 2.21. The first-order valence-electron chi connectivity index (χ1n) is 6.58. The average Bonchev–Trinajstić information content (AvgIpc) is 3.09. The molecule has 0 fully saturated rings. The second kappa shape index (κ2) is 7.30. The van der Waals surface area contributed by atoms with Gasteiger partial charge in [-0.3, -0.25) is 10.1 Å². The number of thiazole rings is 1. The summed E-state index contributed by atoms with van der Waals surface area (Å²) in [5.41, 5.74) is 1.11. The van der Waals surface area contributed by atoms with Gasteiger partial charge in [0, 0.05) is 24.6 Å². The van der Waals surface area contributed by atoms with Crippen LogP contribution in [0.5, 0.6) is 0 Å². The lowest BCUT2D eigenvalue weighted by molar-refractivity contribution is 0.101. The van der Waals surface area contributed by atoms with Crippen molar-refractivity contribution in [3.8, 4) is 0 Å². The zero-order valence-electron chi connectivity index (χ0n) is 12.2. The zero-order valence-corrected chi connectivity index (χ0v) is 13.0. The van der Waals surface area contributed by atoms with E-state index >= 15 is 0 Å². The van der Waals surface area contributed by atoms with Gasteiger partial charge in [0.15, 0.2) is 16.6 Å². The van der Waals surface area contributed by atoms with Gasteiger partial charge in [-0.25, -0.2) is 4.98 Å². The van der Waals surface area contributed by atoms with E-state index in [1.165, 1.54) is 11.3 Å². The van der Waals surface area contributed by atoms with Crippen molar-refractivity contribution in [3.63, 3.8) is 0 Å². The van der Waals surface area contributed by atoms with Gasteiger partial charge in [0.1, 0.15) is 6.61 Å². The normalized spacial score (nSPS) is 12.3. The summed E-state index contributed by atoms with van der Waals surface area (Å²) in [5.74, 6) is 0.154. The summed E-state index contributed by atoms with van der Waals surface area (Å²) in [5, 5.41) is 12.1. The fourth-order valence-corrected chi connectivity index (χ4v) is 2.54. The minimum absolute atomic E-state index is 0.150. The number of rotatable bonds is 7. The van der Waals surface area contributed by atoms with E-state index in [2.05, 4.69) is 20.8 Å². The lowest BCUT2D eigenvalue weighted by Gasteiger charge is -2.08. The topological polar surface area (TPSA) is 89.3 Å². The Morgan fingerprint density at radius 2 is 2.38 bits per heavy atom. The number of hydrogen-bond donors (Lipinski definition) is 2. The molecule has 2 N–H and O–H groups in total. The van der Waals surface area contributed by atoms with E-state index < -0.39 is 0 Å². The van der Waals surface area contributed by atoms with Crippen molar-refractivity contribution in [2.75, 3.05) is 19.0 Å². The standard InChI is InChI=1S/C13H18N4O3S/c1-4-14-8(2)11-7-21-13(15-11)16-12(18)10-5-9(6-19-3)20-17-10/h5,7-8,14H,4,6H2,1-3H3,(H,15,16,18). The van der Waals surface area contributed by atoms with Crippen molar-refractivity contribution in [2.45, 2.75) is 26.5 Å². The molecule has 8 heteroatoms. The number of carbonyl (C=O) groups is 1. The molecule has 7 nitrogen and oxygen atoms in total. The Kier molecular flexibility index (Phi) is 5.43. The predicted octanol–water partition coefficient (Wildman–Crippen LogP) is 2.20. The van der Waals surface area contributed by atoms with Gasteiger partial charge in [0.25, 0.3) is 5.91 Å². The van der Waals surface area contributed by atoms with Crippen LogP contribution in [0.4, 0.5) is 5.13 Å². The van der Waals surface area contributed by atoms with E-state index in [9.17, 15) is 4.79 Å². The molecule has 0 spiro atoms. The van der Waals surface area contributed by atoms with Crippen LogP contribution in [0.25, 0.3) is 0 Å². The van der Waals surface area contributed by atoms with E-state index in [1.807, 2.05) is 19.2 Å². The Labute approximate surface area is 126 Å². The highest BCUT2D eigenvalue weighted by molar-refractivity contribution is 7.14. The lowest BCUT2D eigenvalue weighted by Crippen LogP contribution is -2.18. The molecule has 0 radical (unpaired) electrons. The van der Waals surface area contributed by atoms with E-state index in [1.54, 1.807) is 13.2 Å². The Balaban J connectivity index is 1.98. The average molecular weight is 310 g/mol. The summed E-state index contributed by atoms with van der Waals surface area (Å²) >= 11 is 1.38. The van der Waals surface area contributed by atoms with Gasteiger partial charge in [0.05, 0.1) is 5.69 Å². The van der Waals surface area contributed by atoms with Crippen LogP contribution in [-0.2, 0) is 11.3 Å². The van der Waals surface area contributed by atoms with Gasteiger partial charge in [-0.2, -0.15) is 0 Å². The highest BCUT2D eigenvalue weighted by atomic mass is 32.1. The van der Waals surface area contributed by atoms with Gasteiger partial charge >= 0.3 is 0 Å². The molecule has 0 saturated carbocycles. The molecular formula is C13H18N4O3S. The molecule has 1 unspecified atom stereocenters. The third-order valence-corrected chi connectivity index (χ3v) is 3.55. The molecule has 114 valence electrons. The molecule has 0 aliphatic heterocycles. The summed E-state index contributed by atoms with van der Waals surface area (Å²) in [6.07, 6.45) is 0. The second-order valence-electron chi connectivity index (χ2n) is 4.42. The molecule has 2 rings (SSSR count). The fraction of sp³-hybridized carbons (Fsp3) is 0.462. The SMILES string of the molecule is CCNC(C)c1csc(NC(=O)c2cc(COC)on2)n1.